The minimum Gasteiger partial charge on any atom is -0.460 e. The van der Waals surface area contributed by atoms with Gasteiger partial charge in [0, 0.05) is 24.3 Å². The lowest BCUT2D eigenvalue weighted by molar-refractivity contribution is -0.162. The van der Waals surface area contributed by atoms with Gasteiger partial charge in [-0.15, -0.1) is 12.8 Å². The molecule has 0 saturated heterocycles. The van der Waals surface area contributed by atoms with Crippen LogP contribution in [0.5, 0.6) is 0 Å². The van der Waals surface area contributed by atoms with E-state index in [0.29, 0.717) is 12.1 Å². The lowest BCUT2D eigenvalue weighted by Crippen LogP contribution is -2.34. The van der Waals surface area contributed by atoms with Gasteiger partial charge in [0.2, 0.25) is 0 Å². The zero-order valence-corrected chi connectivity index (χ0v) is 26.2. The van der Waals surface area contributed by atoms with Gasteiger partial charge in [0.05, 0.1) is 29.0 Å². The number of nitrogen functional groups attached to an aromatic ring is 2. The smallest absolute Gasteiger partial charge is 0.381 e. The molecule has 0 atom stereocenters. The van der Waals surface area contributed by atoms with Crippen molar-refractivity contribution in [3.8, 4) is 48.4 Å². The van der Waals surface area contributed by atoms with E-state index in [1.807, 2.05) is 4.98 Å². The van der Waals surface area contributed by atoms with Gasteiger partial charge in [-0.3, -0.25) is 15.5 Å². The first kappa shape index (κ1) is 45.5. The molecule has 0 spiro atoms. The van der Waals surface area contributed by atoms with Crippen molar-refractivity contribution >= 4 is 34.2 Å². The number of anilines is 2. The summed E-state index contributed by atoms with van der Waals surface area (Å²) in [5, 5.41) is 0. The number of H-pyrrole nitrogens is 1. The number of carbonyl (C=O) groups is 2. The molecule has 0 aliphatic carbocycles. The SMILES string of the molecule is C#CC#CC#C.C=CC(F)(F)C(=O)C(=O)OCC.C=CC(F)(F)c1nc2cc(F)c(F)cc2[nH]c1=O.Nc1cc(F)c(F)cc1N.[CH2-]C#CC. The van der Waals surface area contributed by atoms with Crippen molar-refractivity contribution < 1.29 is 49.4 Å². The molecule has 0 aliphatic heterocycles. The molecule has 0 radical (unpaired) electrons. The number of alkyl halides is 4. The fraction of sp³-hybridized carbons (Fsp3) is 0.147. The number of ketones is 1. The number of benzene rings is 2. The highest BCUT2D eigenvalue weighted by Gasteiger charge is 2.41. The average molecular weight is 708 g/mol. The summed E-state index contributed by atoms with van der Waals surface area (Å²) in [6.07, 6.45) is 9.74. The zero-order chi connectivity index (χ0) is 39.2. The molecule has 1 aromatic heterocycles. The van der Waals surface area contributed by atoms with Gasteiger partial charge in [0.25, 0.3) is 5.56 Å². The lowest BCUT2D eigenvalue weighted by Gasteiger charge is -2.10. The first-order valence-corrected chi connectivity index (χ1v) is 13.0. The second-order valence-corrected chi connectivity index (χ2v) is 8.26. The molecule has 0 bridgehead atoms. The summed E-state index contributed by atoms with van der Waals surface area (Å²) in [5.74, 6) is -1.70. The van der Waals surface area contributed by atoms with Crippen LogP contribution in [-0.2, 0) is 20.2 Å². The number of aromatic nitrogens is 2. The van der Waals surface area contributed by atoms with Crippen molar-refractivity contribution in [1.29, 1.82) is 0 Å². The molecule has 50 heavy (non-hydrogen) atoms. The Balaban J connectivity index is 0. The predicted molar refractivity (Wildman–Crippen MR) is 173 cm³/mol. The number of terminal acetylenes is 2. The summed E-state index contributed by atoms with van der Waals surface area (Å²) in [6, 6.07) is 3.01. The number of halogens is 8. The quantitative estimate of drug-likeness (QED) is 0.0573. The number of aromatic amines is 1. The Morgan fingerprint density at radius 1 is 0.940 bits per heavy atom. The summed E-state index contributed by atoms with van der Waals surface area (Å²) in [5.41, 5.74) is 7.69. The molecule has 3 rings (SSSR count). The standard InChI is InChI=1S/C11H6F4N2O.C7H8F2O3.C6H6F2N2.C6H2.C4H5/c1-2-11(14,15)9-10(18)17-8-4-6(13)5(12)3-7(8)16-9;1-3-7(8,9)5(10)6(11)12-4-2;7-3-1-5(9)6(10)2-4(3)8;1-3-5-6-4-2;1-3-4-2/h2-4H,1H2,(H,17,18);3H,1,4H2,2H3;1-2H,9-10H2;1-2H;1H2,2H3/q;;;;-1. The van der Waals surface area contributed by atoms with Crippen LogP contribution in [0.3, 0.4) is 0 Å². The number of Topliss-reactive ketones (excluding diaryl/α,β-unsaturated/α-hetero) is 1. The Hall–Kier alpha value is -6.65. The summed E-state index contributed by atoms with van der Waals surface area (Å²) >= 11 is 0. The molecule has 264 valence electrons. The molecule has 0 fully saturated rings. The molecule has 0 amide bonds. The van der Waals surface area contributed by atoms with Crippen LogP contribution in [0.25, 0.3) is 11.0 Å². The first-order valence-electron chi connectivity index (χ1n) is 13.0. The van der Waals surface area contributed by atoms with Crippen molar-refractivity contribution in [3.05, 3.63) is 95.8 Å². The molecule has 16 heteroatoms. The normalized spacial score (nSPS) is 9.36. The molecule has 0 unspecified atom stereocenters. The average Bonchev–Trinajstić information content (AvgIpc) is 3.07. The van der Waals surface area contributed by atoms with Gasteiger partial charge in [0.15, 0.2) is 29.0 Å². The minimum absolute atomic E-state index is 0.0545. The Kier molecular flexibility index (Phi) is 20.0. The zero-order valence-electron chi connectivity index (χ0n) is 26.2. The third kappa shape index (κ3) is 15.3. The predicted octanol–water partition coefficient (Wildman–Crippen LogP) is 5.65. The van der Waals surface area contributed by atoms with E-state index in [-0.39, 0.29) is 41.2 Å². The van der Waals surface area contributed by atoms with Gasteiger partial charge < -0.3 is 27.1 Å². The molecule has 1 heterocycles. The van der Waals surface area contributed by atoms with Crippen molar-refractivity contribution in [2.45, 2.75) is 25.7 Å². The van der Waals surface area contributed by atoms with Crippen LogP contribution in [0.1, 0.15) is 19.5 Å². The van der Waals surface area contributed by atoms with Crippen molar-refractivity contribution in [2.75, 3.05) is 18.1 Å². The molecule has 8 nitrogen and oxygen atoms in total. The van der Waals surface area contributed by atoms with Gasteiger partial charge in [-0.2, -0.15) is 24.5 Å². The largest absolute Gasteiger partial charge is 0.460 e. The number of nitrogens with two attached hydrogens (primary N) is 2. The second-order valence-electron chi connectivity index (χ2n) is 8.26. The highest BCUT2D eigenvalue weighted by Crippen LogP contribution is 2.26. The fourth-order valence-corrected chi connectivity index (χ4v) is 2.48. The number of rotatable bonds is 6. The van der Waals surface area contributed by atoms with Crippen molar-refractivity contribution in [2.24, 2.45) is 0 Å². The highest BCUT2D eigenvalue weighted by atomic mass is 19.3. The van der Waals surface area contributed by atoms with Crippen LogP contribution < -0.4 is 17.0 Å². The van der Waals surface area contributed by atoms with E-state index in [4.69, 9.17) is 24.3 Å². The number of hydrogen-bond donors (Lipinski definition) is 3. The van der Waals surface area contributed by atoms with Crippen LogP contribution in [0, 0.1) is 78.6 Å². The maximum Gasteiger partial charge on any atom is 0.381 e. The van der Waals surface area contributed by atoms with E-state index in [2.05, 4.69) is 65.3 Å². The number of carbonyl (C=O) groups excluding carboxylic acids is 2. The second kappa shape index (κ2) is 22.0. The maximum atomic E-state index is 13.3. The van der Waals surface area contributed by atoms with Crippen LogP contribution >= 0.6 is 0 Å². The Morgan fingerprint density at radius 2 is 1.38 bits per heavy atom. The summed E-state index contributed by atoms with van der Waals surface area (Å²) in [6.45, 7) is 11.9. The van der Waals surface area contributed by atoms with Gasteiger partial charge in [-0.1, -0.05) is 20.1 Å². The summed E-state index contributed by atoms with van der Waals surface area (Å²) in [7, 11) is 0. The third-order valence-electron chi connectivity index (χ3n) is 4.84. The van der Waals surface area contributed by atoms with Crippen LogP contribution in [-0.4, -0.2) is 34.2 Å². The van der Waals surface area contributed by atoms with E-state index in [1.165, 1.54) is 6.92 Å². The number of hydrogen-bond acceptors (Lipinski definition) is 7. The Bertz CT molecular complexity index is 1880. The molecule has 0 aliphatic rings. The van der Waals surface area contributed by atoms with Gasteiger partial charge in [-0.05, 0) is 42.8 Å². The molecule has 0 saturated carbocycles. The number of allylic oxidation sites excluding steroid dienone is 2. The molecule has 3 aromatic rings. The van der Waals surface area contributed by atoms with E-state index in [0.717, 1.165) is 12.1 Å². The van der Waals surface area contributed by atoms with E-state index in [1.54, 1.807) is 6.92 Å². The van der Waals surface area contributed by atoms with Crippen LogP contribution in [0.15, 0.2) is 54.4 Å². The summed E-state index contributed by atoms with van der Waals surface area (Å²) in [4.78, 5) is 37.7. The van der Waals surface area contributed by atoms with Crippen molar-refractivity contribution in [1.82, 2.24) is 9.97 Å². The monoisotopic (exact) mass is 707 g/mol. The number of nitrogens with one attached hydrogen (secondary N) is 1. The number of nitrogens with zero attached hydrogens (tertiary/aromatic N) is 1. The number of fused-ring (bicyclic) bond motifs is 1. The Morgan fingerprint density at radius 3 is 1.76 bits per heavy atom. The van der Waals surface area contributed by atoms with Gasteiger partial charge in [0.1, 0.15) is 0 Å². The van der Waals surface area contributed by atoms with Crippen molar-refractivity contribution in [3.63, 3.8) is 0 Å². The topological polar surface area (TPSA) is 141 Å². The highest BCUT2D eigenvalue weighted by molar-refractivity contribution is 6.36. The molecule has 5 N–H and O–H groups in total. The van der Waals surface area contributed by atoms with E-state index >= 15 is 0 Å². The third-order valence-corrected chi connectivity index (χ3v) is 4.84. The van der Waals surface area contributed by atoms with Gasteiger partial charge >= 0.3 is 23.6 Å². The maximum absolute atomic E-state index is 13.3. The van der Waals surface area contributed by atoms with E-state index < -0.39 is 58.1 Å². The minimum atomic E-state index is -3.83. The van der Waals surface area contributed by atoms with Crippen LogP contribution in [0.2, 0.25) is 0 Å². The molecular formula is C34H27F8N4O4-. The molecule has 2 aromatic carbocycles. The van der Waals surface area contributed by atoms with Gasteiger partial charge in [-0.25, -0.2) is 27.3 Å². The fourth-order valence-electron chi connectivity index (χ4n) is 2.48. The van der Waals surface area contributed by atoms with Crippen LogP contribution in [0.4, 0.5) is 46.5 Å². The first-order chi connectivity index (χ1) is 23.2. The Labute approximate surface area is 281 Å². The summed E-state index contributed by atoms with van der Waals surface area (Å²) < 4.78 is 106. The number of esters is 1. The molecular weight excluding hydrogens is 680 g/mol. The lowest BCUT2D eigenvalue weighted by atomic mass is 10.2. The number of ether oxygens (including phenoxy) is 1. The van der Waals surface area contributed by atoms with E-state index in [9.17, 15) is 49.5 Å².